The van der Waals surface area contributed by atoms with Gasteiger partial charge in [-0.1, -0.05) is 18.2 Å². The fraction of sp³-hybridized carbons (Fsp3) is 0.130. The number of benzene rings is 2. The van der Waals surface area contributed by atoms with E-state index in [9.17, 15) is 22.8 Å². The third-order valence-electron chi connectivity index (χ3n) is 5.14. The molecule has 0 N–H and O–H groups in total. The maximum absolute atomic E-state index is 13.2. The lowest BCUT2D eigenvalue weighted by molar-refractivity contribution is -0.137. The molecule has 0 atom stereocenters. The topological polar surface area (TPSA) is 66.2 Å². The molecule has 0 fully saturated rings. The van der Waals surface area contributed by atoms with Crippen LogP contribution in [0.25, 0.3) is 27.6 Å². The molecule has 0 radical (unpaired) electrons. The largest absolute Gasteiger partial charge is 0.416 e. The Kier molecular flexibility index (Phi) is 5.25. The summed E-state index contributed by atoms with van der Waals surface area (Å²) in [4.78, 5) is 29.0. The average Bonchev–Trinajstić information content (AvgIpc) is 3.35. The third-order valence-corrected chi connectivity index (χ3v) is 5.14. The highest BCUT2D eigenvalue weighted by Gasteiger charge is 2.31. The summed E-state index contributed by atoms with van der Waals surface area (Å²) in [5.74, 6) is -0.597. The van der Waals surface area contributed by atoms with Crippen molar-refractivity contribution in [3.05, 3.63) is 94.0 Å². The molecule has 4 aromatic rings. The minimum atomic E-state index is -4.59. The maximum Gasteiger partial charge on any atom is 0.416 e. The van der Waals surface area contributed by atoms with Crippen LogP contribution in [0.15, 0.2) is 65.6 Å². The quantitative estimate of drug-likeness (QED) is 0.411. The van der Waals surface area contributed by atoms with Crippen LogP contribution in [0.2, 0.25) is 0 Å². The second-order valence-corrected chi connectivity index (χ2v) is 7.21. The van der Waals surface area contributed by atoms with E-state index in [4.69, 9.17) is 6.57 Å². The monoisotopic (exact) mass is 451 g/mol. The van der Waals surface area contributed by atoms with Crippen LogP contribution in [0.5, 0.6) is 0 Å². The van der Waals surface area contributed by atoms with E-state index in [1.165, 1.54) is 29.9 Å². The molecule has 2 aromatic heterocycles. The molecule has 0 aliphatic carbocycles. The standard InChI is InChI=1S/C23H16F3N5O2/c1-14-21(20-11-12-28-31(20)18-9-7-17(27-3)8-10-18)30(15(2)32)22(33)29(14)19-6-4-5-16(13-19)23(24,25)26/h4-13H,1-2H3. The first-order valence-corrected chi connectivity index (χ1v) is 9.68. The van der Waals surface area contributed by atoms with E-state index < -0.39 is 23.3 Å². The van der Waals surface area contributed by atoms with Crippen molar-refractivity contribution in [2.45, 2.75) is 20.0 Å². The molecule has 0 unspecified atom stereocenters. The summed E-state index contributed by atoms with van der Waals surface area (Å²) in [6, 6.07) is 12.5. The Hall–Kier alpha value is -4.39. The smallest absolute Gasteiger partial charge is 0.274 e. The molecule has 7 nitrogen and oxygen atoms in total. The van der Waals surface area contributed by atoms with Gasteiger partial charge in [0.15, 0.2) is 5.69 Å². The zero-order chi connectivity index (χ0) is 23.9. The average molecular weight is 451 g/mol. The Morgan fingerprint density at radius 1 is 1.06 bits per heavy atom. The maximum atomic E-state index is 13.2. The number of carbonyl (C=O) groups is 1. The molecule has 166 valence electrons. The van der Waals surface area contributed by atoms with Gasteiger partial charge in [-0.3, -0.25) is 9.36 Å². The first-order valence-electron chi connectivity index (χ1n) is 9.68. The van der Waals surface area contributed by atoms with E-state index in [1.807, 2.05) is 0 Å². The summed E-state index contributed by atoms with van der Waals surface area (Å²) in [5.41, 5.74) is 0.169. The van der Waals surface area contributed by atoms with Crippen LogP contribution in [0, 0.1) is 13.5 Å². The van der Waals surface area contributed by atoms with Gasteiger partial charge in [0.25, 0.3) is 0 Å². The number of imidazole rings is 1. The van der Waals surface area contributed by atoms with Gasteiger partial charge >= 0.3 is 11.9 Å². The Morgan fingerprint density at radius 2 is 1.76 bits per heavy atom. The lowest BCUT2D eigenvalue weighted by Crippen LogP contribution is -2.27. The van der Waals surface area contributed by atoms with Crippen molar-refractivity contribution < 1.29 is 18.0 Å². The van der Waals surface area contributed by atoms with Gasteiger partial charge in [0.05, 0.1) is 46.8 Å². The number of halogens is 3. The molecule has 4 rings (SSSR count). The molecule has 33 heavy (non-hydrogen) atoms. The molecule has 0 saturated heterocycles. The number of rotatable bonds is 3. The van der Waals surface area contributed by atoms with E-state index in [0.29, 0.717) is 17.1 Å². The predicted octanol–water partition coefficient (Wildman–Crippen LogP) is 5.03. The van der Waals surface area contributed by atoms with Crippen molar-refractivity contribution in [2.75, 3.05) is 0 Å². The molecule has 0 aliphatic rings. The van der Waals surface area contributed by atoms with E-state index in [1.54, 1.807) is 37.3 Å². The molecule has 2 aromatic carbocycles. The summed E-state index contributed by atoms with van der Waals surface area (Å²) >= 11 is 0. The van der Waals surface area contributed by atoms with Gasteiger partial charge in [-0.2, -0.15) is 18.3 Å². The minimum absolute atomic E-state index is 0.0129. The van der Waals surface area contributed by atoms with Gasteiger partial charge in [0, 0.05) is 6.92 Å². The normalized spacial score (nSPS) is 11.4. The fourth-order valence-corrected chi connectivity index (χ4v) is 3.68. The van der Waals surface area contributed by atoms with Gasteiger partial charge in [-0.05, 0) is 43.3 Å². The van der Waals surface area contributed by atoms with E-state index in [0.717, 1.165) is 21.3 Å². The van der Waals surface area contributed by atoms with Gasteiger partial charge in [-0.25, -0.2) is 18.9 Å². The van der Waals surface area contributed by atoms with E-state index in [2.05, 4.69) is 9.94 Å². The zero-order valence-corrected chi connectivity index (χ0v) is 17.5. The SMILES string of the molecule is [C-]#[N+]c1ccc(-n2nccc2-c2c(C)n(-c3cccc(C(F)(F)F)c3)c(=O)n2C(C)=O)cc1. The number of hydrogen-bond donors (Lipinski definition) is 0. The Bertz CT molecular complexity index is 1470. The Labute approximate surface area is 185 Å². The van der Waals surface area contributed by atoms with E-state index >= 15 is 0 Å². The van der Waals surface area contributed by atoms with Crippen LogP contribution < -0.4 is 5.69 Å². The second kappa shape index (κ2) is 7.94. The van der Waals surface area contributed by atoms with E-state index in [-0.39, 0.29) is 17.1 Å². The number of hydrogen-bond acceptors (Lipinski definition) is 3. The summed E-state index contributed by atoms with van der Waals surface area (Å²) in [5, 5.41) is 4.27. The summed E-state index contributed by atoms with van der Waals surface area (Å²) in [7, 11) is 0. The van der Waals surface area contributed by atoms with Crippen LogP contribution in [-0.4, -0.2) is 24.8 Å². The van der Waals surface area contributed by atoms with Gasteiger partial charge in [-0.15, -0.1) is 0 Å². The molecule has 0 spiro atoms. The minimum Gasteiger partial charge on any atom is -0.274 e. The van der Waals surface area contributed by atoms with Crippen molar-refractivity contribution in [3.8, 4) is 22.8 Å². The molecule has 0 amide bonds. The molecular weight excluding hydrogens is 435 g/mol. The highest BCUT2D eigenvalue weighted by atomic mass is 19.4. The Balaban J connectivity index is 1.96. The highest BCUT2D eigenvalue weighted by Crippen LogP contribution is 2.32. The summed E-state index contributed by atoms with van der Waals surface area (Å²) in [6.45, 7) is 9.84. The molecule has 10 heteroatoms. The van der Waals surface area contributed by atoms with Crippen molar-refractivity contribution in [1.29, 1.82) is 0 Å². The second-order valence-electron chi connectivity index (χ2n) is 7.21. The Morgan fingerprint density at radius 3 is 2.36 bits per heavy atom. The fourth-order valence-electron chi connectivity index (χ4n) is 3.68. The number of carbonyl (C=O) groups excluding carboxylic acids is 1. The summed E-state index contributed by atoms with van der Waals surface area (Å²) in [6.07, 6.45) is -3.11. The van der Waals surface area contributed by atoms with Crippen LogP contribution in [-0.2, 0) is 6.18 Å². The van der Waals surface area contributed by atoms with Crippen LogP contribution in [0.3, 0.4) is 0 Å². The van der Waals surface area contributed by atoms with Crippen molar-refractivity contribution in [3.63, 3.8) is 0 Å². The van der Waals surface area contributed by atoms with Crippen molar-refractivity contribution in [2.24, 2.45) is 0 Å². The lowest BCUT2D eigenvalue weighted by Gasteiger charge is -2.11. The van der Waals surface area contributed by atoms with Crippen LogP contribution in [0.4, 0.5) is 18.9 Å². The highest BCUT2D eigenvalue weighted by molar-refractivity contribution is 5.82. The predicted molar refractivity (Wildman–Crippen MR) is 115 cm³/mol. The molecular formula is C23H16F3N5O2. The summed E-state index contributed by atoms with van der Waals surface area (Å²) < 4.78 is 43.2. The number of nitrogens with zero attached hydrogens (tertiary/aromatic N) is 5. The molecule has 2 heterocycles. The lowest BCUT2D eigenvalue weighted by atomic mass is 10.2. The van der Waals surface area contributed by atoms with Gasteiger partial charge in [0.2, 0.25) is 5.91 Å². The van der Waals surface area contributed by atoms with Crippen molar-refractivity contribution in [1.82, 2.24) is 18.9 Å². The molecule has 0 bridgehead atoms. The van der Waals surface area contributed by atoms with Crippen LogP contribution in [0.1, 0.15) is 23.0 Å². The van der Waals surface area contributed by atoms with Crippen LogP contribution >= 0.6 is 0 Å². The zero-order valence-electron chi connectivity index (χ0n) is 17.5. The third kappa shape index (κ3) is 3.74. The first kappa shape index (κ1) is 21.8. The molecule has 0 aliphatic heterocycles. The first-order chi connectivity index (χ1) is 15.6. The van der Waals surface area contributed by atoms with Gasteiger partial charge in [0.1, 0.15) is 0 Å². The number of aromatic nitrogens is 4. The van der Waals surface area contributed by atoms with Gasteiger partial charge < -0.3 is 0 Å². The number of alkyl halides is 3. The van der Waals surface area contributed by atoms with Crippen molar-refractivity contribution >= 4 is 11.6 Å². The molecule has 0 saturated carbocycles.